The van der Waals surface area contributed by atoms with Crippen LogP contribution < -0.4 is 5.32 Å². The number of hydrogen-bond acceptors (Lipinski definition) is 4. The van der Waals surface area contributed by atoms with Crippen LogP contribution in [0.15, 0.2) is 58.6 Å². The van der Waals surface area contributed by atoms with Gasteiger partial charge in [0.2, 0.25) is 9.84 Å². The Kier molecular flexibility index (Phi) is 4.05. The van der Waals surface area contributed by atoms with Crippen molar-refractivity contribution in [1.82, 2.24) is 14.9 Å². The summed E-state index contributed by atoms with van der Waals surface area (Å²) in [5, 5.41) is 3.97. The summed E-state index contributed by atoms with van der Waals surface area (Å²) in [6.45, 7) is 1.64. The normalized spacial score (nSPS) is 18.0. The Hall–Kier alpha value is -2.25. The highest BCUT2D eigenvalue weighted by Gasteiger charge is 2.25. The van der Waals surface area contributed by atoms with E-state index in [1.165, 1.54) is 18.2 Å². The zero-order valence-electron chi connectivity index (χ0n) is 13.5. The minimum absolute atomic E-state index is 0.0469. The van der Waals surface area contributed by atoms with E-state index in [4.69, 9.17) is 0 Å². The first kappa shape index (κ1) is 16.2. The van der Waals surface area contributed by atoms with Crippen molar-refractivity contribution in [2.75, 3.05) is 6.54 Å². The molecule has 1 aliphatic rings. The summed E-state index contributed by atoms with van der Waals surface area (Å²) in [4.78, 5) is 4.48. The highest BCUT2D eigenvalue weighted by atomic mass is 32.2. The Morgan fingerprint density at radius 1 is 1.28 bits per heavy atom. The van der Waals surface area contributed by atoms with Gasteiger partial charge in [0.1, 0.15) is 11.5 Å². The van der Waals surface area contributed by atoms with E-state index in [2.05, 4.69) is 10.3 Å². The summed E-state index contributed by atoms with van der Waals surface area (Å²) in [5.74, 6) is -0.571. The molecule has 1 N–H and O–H groups in total. The molecule has 0 radical (unpaired) electrons. The number of nitrogens with zero attached hydrogens (tertiary/aromatic N) is 2. The lowest BCUT2D eigenvalue weighted by Crippen LogP contribution is -2.26. The number of nitrogens with one attached hydrogen (secondary N) is 1. The van der Waals surface area contributed by atoms with Crippen molar-refractivity contribution < 1.29 is 12.8 Å². The fraction of sp³-hybridized carbons (Fsp3) is 0.278. The van der Waals surface area contributed by atoms with Gasteiger partial charge in [-0.25, -0.2) is 17.8 Å². The largest absolute Gasteiger partial charge is 0.330 e. The van der Waals surface area contributed by atoms with Crippen LogP contribution in [-0.4, -0.2) is 30.6 Å². The molecule has 25 heavy (non-hydrogen) atoms. The minimum Gasteiger partial charge on any atom is -0.330 e. The average Bonchev–Trinajstić information content (AvgIpc) is 3.24. The monoisotopic (exact) mass is 359 g/mol. The number of rotatable bonds is 4. The topological polar surface area (TPSA) is 64.0 Å². The molecule has 2 aromatic heterocycles. The zero-order chi connectivity index (χ0) is 17.4. The van der Waals surface area contributed by atoms with Crippen molar-refractivity contribution in [3.05, 3.63) is 54.6 Å². The molecule has 3 aromatic rings. The number of pyridine rings is 1. The third-order valence-electron chi connectivity index (χ3n) is 4.57. The first-order chi connectivity index (χ1) is 12.1. The Balaban J connectivity index is 1.84. The molecule has 1 atom stereocenters. The molecule has 4 rings (SSSR count). The third-order valence-corrected chi connectivity index (χ3v) is 6.35. The zero-order valence-corrected chi connectivity index (χ0v) is 14.3. The van der Waals surface area contributed by atoms with Crippen LogP contribution in [0.1, 0.15) is 12.8 Å². The smallest absolute Gasteiger partial charge is 0.208 e. The summed E-state index contributed by atoms with van der Waals surface area (Å²) >= 11 is 0. The summed E-state index contributed by atoms with van der Waals surface area (Å²) in [6, 6.07) is 8.86. The van der Waals surface area contributed by atoms with Crippen molar-refractivity contribution in [3.63, 3.8) is 0 Å². The van der Waals surface area contributed by atoms with Gasteiger partial charge in [0.25, 0.3) is 0 Å². The number of benzene rings is 1. The van der Waals surface area contributed by atoms with E-state index in [0.717, 1.165) is 25.5 Å². The van der Waals surface area contributed by atoms with Gasteiger partial charge in [-0.3, -0.25) is 0 Å². The molecule has 0 amide bonds. The standard InChI is InChI=1S/C18H18FN3O2S/c19-13-4-1-6-15(10-13)25(23,24)17-12-22(11-14-5-2-8-20-14)18-16(17)7-3-9-21-18/h1,3-4,6-7,9-10,12,14,20H,2,5,8,11H2. The van der Waals surface area contributed by atoms with Crippen molar-refractivity contribution >= 4 is 20.9 Å². The van der Waals surface area contributed by atoms with Crippen LogP contribution in [0, 0.1) is 5.82 Å². The number of sulfone groups is 1. The molecule has 0 bridgehead atoms. The third kappa shape index (κ3) is 2.94. The Morgan fingerprint density at radius 3 is 2.92 bits per heavy atom. The highest BCUT2D eigenvalue weighted by molar-refractivity contribution is 7.91. The molecule has 0 saturated carbocycles. The maximum Gasteiger partial charge on any atom is 0.208 e. The maximum absolute atomic E-state index is 13.5. The Morgan fingerprint density at radius 2 is 2.16 bits per heavy atom. The summed E-state index contributed by atoms with van der Waals surface area (Å²) < 4.78 is 41.4. The van der Waals surface area contributed by atoms with Crippen LogP contribution in [-0.2, 0) is 16.4 Å². The molecule has 1 aromatic carbocycles. The first-order valence-electron chi connectivity index (χ1n) is 8.23. The van der Waals surface area contributed by atoms with E-state index >= 15 is 0 Å². The molecular formula is C18H18FN3O2S. The quantitative estimate of drug-likeness (QED) is 0.778. The average molecular weight is 359 g/mol. The van der Waals surface area contributed by atoms with Gasteiger partial charge in [-0.1, -0.05) is 6.07 Å². The molecular weight excluding hydrogens is 341 g/mol. The molecule has 1 unspecified atom stereocenters. The molecule has 3 heterocycles. The van der Waals surface area contributed by atoms with Crippen molar-refractivity contribution in [2.45, 2.75) is 35.2 Å². The predicted octanol–water partition coefficient (Wildman–Crippen LogP) is 2.76. The van der Waals surface area contributed by atoms with E-state index in [1.807, 2.05) is 4.57 Å². The lowest BCUT2D eigenvalue weighted by molar-refractivity contribution is 0.515. The van der Waals surface area contributed by atoms with Gasteiger partial charge in [-0.05, 0) is 49.7 Å². The molecule has 1 aliphatic heterocycles. The van der Waals surface area contributed by atoms with Crippen LogP contribution >= 0.6 is 0 Å². The SMILES string of the molecule is O=S(=O)(c1cccc(F)c1)c1cn(CC2CCCN2)c2ncccc12. The molecule has 7 heteroatoms. The van der Waals surface area contributed by atoms with Crippen LogP contribution in [0.4, 0.5) is 4.39 Å². The lowest BCUT2D eigenvalue weighted by Gasteiger charge is -2.11. The van der Waals surface area contributed by atoms with Gasteiger partial charge in [0.15, 0.2) is 0 Å². The number of halogens is 1. The van der Waals surface area contributed by atoms with Crippen molar-refractivity contribution in [2.24, 2.45) is 0 Å². The van der Waals surface area contributed by atoms with Crippen LogP contribution in [0.5, 0.6) is 0 Å². The maximum atomic E-state index is 13.5. The van der Waals surface area contributed by atoms with E-state index < -0.39 is 15.7 Å². The second-order valence-corrected chi connectivity index (χ2v) is 8.19. The van der Waals surface area contributed by atoms with E-state index in [0.29, 0.717) is 23.6 Å². The molecule has 130 valence electrons. The van der Waals surface area contributed by atoms with Crippen molar-refractivity contribution in [1.29, 1.82) is 0 Å². The van der Waals surface area contributed by atoms with Crippen LogP contribution in [0.2, 0.25) is 0 Å². The second kappa shape index (κ2) is 6.24. The summed E-state index contributed by atoms with van der Waals surface area (Å²) in [5.41, 5.74) is 0.631. The predicted molar refractivity (Wildman–Crippen MR) is 92.6 cm³/mol. The second-order valence-electron chi connectivity index (χ2n) is 6.27. The van der Waals surface area contributed by atoms with Crippen LogP contribution in [0.25, 0.3) is 11.0 Å². The van der Waals surface area contributed by atoms with Gasteiger partial charge in [-0.2, -0.15) is 0 Å². The Bertz CT molecular complexity index is 1020. The summed E-state index contributed by atoms with van der Waals surface area (Å²) in [7, 11) is -3.82. The molecule has 1 fully saturated rings. The Labute approximate surface area is 145 Å². The fourth-order valence-corrected chi connectivity index (χ4v) is 4.85. The van der Waals surface area contributed by atoms with Gasteiger partial charge >= 0.3 is 0 Å². The lowest BCUT2D eigenvalue weighted by atomic mass is 10.2. The highest BCUT2D eigenvalue weighted by Crippen LogP contribution is 2.30. The summed E-state index contributed by atoms with van der Waals surface area (Å²) in [6.07, 6.45) is 5.45. The van der Waals surface area contributed by atoms with Crippen LogP contribution in [0.3, 0.4) is 0 Å². The number of fused-ring (bicyclic) bond motifs is 1. The number of hydrogen-bond donors (Lipinski definition) is 1. The fourth-order valence-electron chi connectivity index (χ4n) is 3.35. The van der Waals surface area contributed by atoms with Gasteiger partial charge in [0.05, 0.1) is 9.79 Å². The van der Waals surface area contributed by atoms with E-state index in [1.54, 1.807) is 24.5 Å². The molecule has 1 saturated heterocycles. The van der Waals surface area contributed by atoms with Gasteiger partial charge in [0, 0.05) is 30.4 Å². The number of aromatic nitrogens is 2. The molecule has 0 aliphatic carbocycles. The van der Waals surface area contributed by atoms with Crippen molar-refractivity contribution in [3.8, 4) is 0 Å². The first-order valence-corrected chi connectivity index (χ1v) is 9.72. The molecule has 0 spiro atoms. The molecule has 5 nitrogen and oxygen atoms in total. The van der Waals surface area contributed by atoms with E-state index in [-0.39, 0.29) is 9.79 Å². The minimum atomic E-state index is -3.82. The van der Waals surface area contributed by atoms with Gasteiger partial charge in [-0.15, -0.1) is 0 Å². The van der Waals surface area contributed by atoms with Gasteiger partial charge < -0.3 is 9.88 Å². The van der Waals surface area contributed by atoms with E-state index in [9.17, 15) is 12.8 Å².